The lowest BCUT2D eigenvalue weighted by atomic mass is 9.73. The van der Waals surface area contributed by atoms with Crippen LogP contribution in [-0.4, -0.2) is 17.0 Å². The van der Waals surface area contributed by atoms with Gasteiger partial charge in [0.1, 0.15) is 5.75 Å². The summed E-state index contributed by atoms with van der Waals surface area (Å²) in [7, 11) is 0. The summed E-state index contributed by atoms with van der Waals surface area (Å²) in [6.45, 7) is 15.5. The second kappa shape index (κ2) is 9.43. The summed E-state index contributed by atoms with van der Waals surface area (Å²) < 4.78 is 5.76. The Morgan fingerprint density at radius 2 is 1.54 bits per heavy atom. The molecule has 0 saturated carbocycles. The van der Waals surface area contributed by atoms with Crippen LogP contribution in [-0.2, 0) is 4.79 Å². The molecule has 1 aromatic carbocycles. The van der Waals surface area contributed by atoms with E-state index in [1.807, 2.05) is 0 Å². The molecule has 3 heteroatoms. The van der Waals surface area contributed by atoms with E-state index in [-0.39, 0.29) is 17.0 Å². The van der Waals surface area contributed by atoms with E-state index in [0.29, 0.717) is 12.3 Å². The second-order valence-electron chi connectivity index (χ2n) is 10.1. The zero-order chi connectivity index (χ0) is 20.9. The molecule has 0 spiro atoms. The maximum atomic E-state index is 12.3. The van der Waals surface area contributed by atoms with Gasteiger partial charge in [0.2, 0.25) is 0 Å². The lowest BCUT2D eigenvalue weighted by molar-refractivity contribution is -0.134. The van der Waals surface area contributed by atoms with Gasteiger partial charge in [0.25, 0.3) is 0 Å². The van der Waals surface area contributed by atoms with Crippen molar-refractivity contribution in [2.45, 2.75) is 117 Å². The van der Waals surface area contributed by atoms with E-state index in [1.54, 1.807) is 0 Å². The van der Waals surface area contributed by atoms with Crippen LogP contribution in [0.3, 0.4) is 0 Å². The molecule has 0 atom stereocenters. The number of rotatable bonds is 8. The molecular weight excluding hydrogens is 346 g/mol. The van der Waals surface area contributed by atoms with Crippen LogP contribution in [0, 0.1) is 13.8 Å². The van der Waals surface area contributed by atoms with Gasteiger partial charge in [-0.25, -0.2) is 0 Å². The van der Waals surface area contributed by atoms with E-state index in [1.165, 1.54) is 24.8 Å². The van der Waals surface area contributed by atoms with E-state index in [0.717, 1.165) is 42.6 Å². The van der Waals surface area contributed by atoms with Crippen LogP contribution in [0.15, 0.2) is 12.1 Å². The smallest absolute Gasteiger partial charge is 0.311 e. The number of piperidine rings is 1. The fourth-order valence-corrected chi connectivity index (χ4v) is 4.98. The third-order valence-corrected chi connectivity index (χ3v) is 5.84. The summed E-state index contributed by atoms with van der Waals surface area (Å²) >= 11 is 0. The predicted octanol–water partition coefficient (Wildman–Crippen LogP) is 6.59. The minimum absolute atomic E-state index is 0.0976. The molecule has 1 heterocycles. The molecule has 0 unspecified atom stereocenters. The highest BCUT2D eigenvalue weighted by Crippen LogP contribution is 2.40. The number of carbonyl (C=O) groups excluding carboxylic acids is 1. The van der Waals surface area contributed by atoms with Crippen LogP contribution >= 0.6 is 0 Å². The summed E-state index contributed by atoms with van der Waals surface area (Å²) in [6, 6.07) is 4.47. The minimum atomic E-state index is -0.0976. The van der Waals surface area contributed by atoms with Crippen molar-refractivity contribution < 1.29 is 9.53 Å². The van der Waals surface area contributed by atoms with Crippen LogP contribution in [0.2, 0.25) is 0 Å². The Labute approximate surface area is 172 Å². The average molecular weight is 388 g/mol. The van der Waals surface area contributed by atoms with Gasteiger partial charge in [-0.2, -0.15) is 0 Å². The van der Waals surface area contributed by atoms with Crippen molar-refractivity contribution in [1.82, 2.24) is 5.32 Å². The van der Waals surface area contributed by atoms with Crippen molar-refractivity contribution in [1.29, 1.82) is 0 Å². The van der Waals surface area contributed by atoms with Crippen molar-refractivity contribution >= 4 is 5.97 Å². The summed E-state index contributed by atoms with van der Waals surface area (Å²) in [5.74, 6) is 1.18. The highest BCUT2D eigenvalue weighted by molar-refractivity contribution is 5.73. The maximum Gasteiger partial charge on any atom is 0.311 e. The van der Waals surface area contributed by atoms with Crippen LogP contribution in [0.5, 0.6) is 5.75 Å². The number of benzene rings is 1. The van der Waals surface area contributed by atoms with Gasteiger partial charge in [-0.05, 0) is 83.4 Å². The highest BCUT2D eigenvalue weighted by atomic mass is 16.5. The van der Waals surface area contributed by atoms with Crippen LogP contribution in [0.4, 0.5) is 0 Å². The van der Waals surface area contributed by atoms with Crippen LogP contribution in [0.25, 0.3) is 0 Å². The summed E-state index contributed by atoms with van der Waals surface area (Å²) in [6.07, 6.45) is 8.47. The van der Waals surface area contributed by atoms with Gasteiger partial charge in [-0.3, -0.25) is 4.79 Å². The first-order valence-electron chi connectivity index (χ1n) is 11.1. The van der Waals surface area contributed by atoms with Gasteiger partial charge in [0.05, 0.1) is 0 Å². The minimum Gasteiger partial charge on any atom is -0.426 e. The monoisotopic (exact) mass is 387 g/mol. The standard InChI is InChI=1S/C25H41NO2/c1-8-9-10-11-12-13-22(27)28-23-18(2)14-20(15-19(23)3)21-16-24(4,5)26-25(6,7)17-21/h14-15,21,26H,8-13,16-17H2,1-7H3. The van der Waals surface area contributed by atoms with Gasteiger partial charge in [-0.1, -0.05) is 44.7 Å². The summed E-state index contributed by atoms with van der Waals surface area (Å²) in [5, 5.41) is 3.76. The fraction of sp³-hybridized carbons (Fsp3) is 0.720. The molecule has 0 amide bonds. The molecule has 0 bridgehead atoms. The quantitative estimate of drug-likeness (QED) is 0.310. The molecule has 1 saturated heterocycles. The van der Waals surface area contributed by atoms with E-state index < -0.39 is 0 Å². The number of esters is 1. The second-order valence-corrected chi connectivity index (χ2v) is 10.1. The van der Waals surface area contributed by atoms with Gasteiger partial charge in [-0.15, -0.1) is 0 Å². The topological polar surface area (TPSA) is 38.3 Å². The zero-order valence-corrected chi connectivity index (χ0v) is 19.2. The van der Waals surface area contributed by atoms with E-state index in [9.17, 15) is 4.79 Å². The first kappa shape index (κ1) is 22.9. The number of nitrogens with one attached hydrogen (secondary N) is 1. The first-order valence-corrected chi connectivity index (χ1v) is 11.1. The molecule has 1 fully saturated rings. The Kier molecular flexibility index (Phi) is 7.73. The lowest BCUT2D eigenvalue weighted by Crippen LogP contribution is -2.57. The molecule has 1 aliphatic rings. The number of aryl methyl sites for hydroxylation is 2. The summed E-state index contributed by atoms with van der Waals surface area (Å²) in [5.41, 5.74) is 3.76. The Bertz CT molecular complexity index is 636. The molecule has 28 heavy (non-hydrogen) atoms. The molecule has 1 aromatic rings. The van der Waals surface area contributed by atoms with Gasteiger partial charge in [0.15, 0.2) is 0 Å². The zero-order valence-electron chi connectivity index (χ0n) is 19.2. The van der Waals surface area contributed by atoms with Crippen molar-refractivity contribution in [3.63, 3.8) is 0 Å². The fourth-order valence-electron chi connectivity index (χ4n) is 4.98. The van der Waals surface area contributed by atoms with E-state index >= 15 is 0 Å². The van der Waals surface area contributed by atoms with Crippen LogP contribution < -0.4 is 10.1 Å². The first-order chi connectivity index (χ1) is 13.0. The molecule has 158 valence electrons. The normalized spacial score (nSPS) is 18.8. The number of unbranched alkanes of at least 4 members (excludes halogenated alkanes) is 4. The predicted molar refractivity (Wildman–Crippen MR) is 118 cm³/mol. The molecule has 0 aromatic heterocycles. The van der Waals surface area contributed by atoms with Gasteiger partial charge >= 0.3 is 5.97 Å². The molecular formula is C25H41NO2. The Morgan fingerprint density at radius 3 is 2.07 bits per heavy atom. The van der Waals surface area contributed by atoms with Gasteiger partial charge in [0, 0.05) is 17.5 Å². The molecule has 0 aliphatic carbocycles. The van der Waals surface area contributed by atoms with E-state index in [4.69, 9.17) is 4.74 Å². The molecule has 1 N–H and O–H groups in total. The van der Waals surface area contributed by atoms with Gasteiger partial charge < -0.3 is 10.1 Å². The molecule has 1 aliphatic heterocycles. The number of hydrogen-bond acceptors (Lipinski definition) is 3. The number of carbonyl (C=O) groups is 1. The average Bonchev–Trinajstić information content (AvgIpc) is 2.55. The Balaban J connectivity index is 2.05. The highest BCUT2D eigenvalue weighted by Gasteiger charge is 2.38. The van der Waals surface area contributed by atoms with Crippen molar-refractivity contribution in [3.05, 3.63) is 28.8 Å². The molecule has 3 nitrogen and oxygen atoms in total. The Hall–Kier alpha value is -1.35. The Morgan fingerprint density at radius 1 is 1.00 bits per heavy atom. The molecule has 0 radical (unpaired) electrons. The largest absolute Gasteiger partial charge is 0.426 e. The molecule has 2 rings (SSSR count). The van der Waals surface area contributed by atoms with E-state index in [2.05, 4.69) is 65.9 Å². The van der Waals surface area contributed by atoms with Crippen molar-refractivity contribution in [2.24, 2.45) is 0 Å². The van der Waals surface area contributed by atoms with Crippen molar-refractivity contribution in [2.75, 3.05) is 0 Å². The third kappa shape index (κ3) is 6.62. The van der Waals surface area contributed by atoms with Crippen LogP contribution in [0.1, 0.15) is 109 Å². The maximum absolute atomic E-state index is 12.3. The third-order valence-electron chi connectivity index (χ3n) is 5.84. The lowest BCUT2D eigenvalue weighted by Gasteiger charge is -2.47. The van der Waals surface area contributed by atoms with Crippen molar-refractivity contribution in [3.8, 4) is 5.75 Å². The number of ether oxygens (including phenoxy) is 1. The number of hydrogen-bond donors (Lipinski definition) is 1. The summed E-state index contributed by atoms with van der Waals surface area (Å²) in [4.78, 5) is 12.3. The SMILES string of the molecule is CCCCCCCC(=O)Oc1c(C)cc(C2CC(C)(C)NC(C)(C)C2)cc1C.